The summed E-state index contributed by atoms with van der Waals surface area (Å²) < 4.78 is 5.69. The van der Waals surface area contributed by atoms with Gasteiger partial charge >= 0.3 is 5.97 Å². The van der Waals surface area contributed by atoms with Crippen LogP contribution in [0.3, 0.4) is 0 Å². The molecule has 0 unspecified atom stereocenters. The van der Waals surface area contributed by atoms with Gasteiger partial charge in [-0.2, -0.15) is 0 Å². The normalized spacial score (nSPS) is 13.3. The van der Waals surface area contributed by atoms with Gasteiger partial charge < -0.3 is 20.1 Å². The predicted molar refractivity (Wildman–Crippen MR) is 86.2 cm³/mol. The number of hydrogen-bond acceptors (Lipinski definition) is 4. The topological polar surface area (TPSA) is 87.0 Å². The molecule has 0 saturated carbocycles. The van der Waals surface area contributed by atoms with Gasteiger partial charge in [0, 0.05) is 11.6 Å². The summed E-state index contributed by atoms with van der Waals surface area (Å²) in [6.45, 7) is 0.287. The highest BCUT2D eigenvalue weighted by Gasteiger charge is 2.16. The van der Waals surface area contributed by atoms with E-state index in [0.29, 0.717) is 11.1 Å². The number of phenols is 2. The maximum Gasteiger partial charge on any atom is 0.328 e. The van der Waals surface area contributed by atoms with Crippen molar-refractivity contribution in [3.63, 3.8) is 0 Å². The zero-order valence-electron chi connectivity index (χ0n) is 12.1. The molecular weight excluding hydrogens is 296 g/mol. The average molecular weight is 310 g/mol. The van der Waals surface area contributed by atoms with Gasteiger partial charge in [-0.3, -0.25) is 0 Å². The van der Waals surface area contributed by atoms with Gasteiger partial charge in [-0.1, -0.05) is 18.2 Å². The molecule has 0 aliphatic carbocycles. The van der Waals surface area contributed by atoms with Crippen LogP contribution in [-0.4, -0.2) is 27.9 Å². The summed E-state index contributed by atoms with van der Waals surface area (Å²) in [6.07, 6.45) is 4.27. The number of rotatable bonds is 3. The molecule has 2 aromatic rings. The van der Waals surface area contributed by atoms with Crippen molar-refractivity contribution >= 4 is 23.7 Å². The number of fused-ring (bicyclic) bond motifs is 1. The minimum Gasteiger partial charge on any atom is -0.504 e. The molecule has 0 saturated heterocycles. The third kappa shape index (κ3) is 3.03. The number of hydrogen-bond donors (Lipinski definition) is 3. The number of benzene rings is 2. The van der Waals surface area contributed by atoms with Crippen molar-refractivity contribution in [2.45, 2.75) is 0 Å². The van der Waals surface area contributed by atoms with Crippen molar-refractivity contribution in [2.24, 2.45) is 0 Å². The Morgan fingerprint density at radius 3 is 2.65 bits per heavy atom. The lowest BCUT2D eigenvalue weighted by atomic mass is 9.95. The Labute approximate surface area is 132 Å². The summed E-state index contributed by atoms with van der Waals surface area (Å²) in [4.78, 5) is 10.7. The van der Waals surface area contributed by atoms with Crippen LogP contribution in [0.4, 0.5) is 0 Å². The van der Waals surface area contributed by atoms with Gasteiger partial charge in [-0.25, -0.2) is 4.79 Å². The van der Waals surface area contributed by atoms with E-state index in [1.54, 1.807) is 0 Å². The highest BCUT2D eigenvalue weighted by molar-refractivity contribution is 5.92. The molecular formula is C18H14O5. The molecule has 0 aromatic heterocycles. The predicted octanol–water partition coefficient (Wildman–Crippen LogP) is 3.13. The number of para-hydroxylation sites is 1. The lowest BCUT2D eigenvalue weighted by molar-refractivity contribution is -0.131. The monoisotopic (exact) mass is 310 g/mol. The van der Waals surface area contributed by atoms with Crippen molar-refractivity contribution in [2.75, 3.05) is 6.61 Å². The van der Waals surface area contributed by atoms with Gasteiger partial charge in [0.05, 0.1) is 0 Å². The Bertz CT molecular complexity index is 833. The molecule has 3 rings (SSSR count). The summed E-state index contributed by atoms with van der Waals surface area (Å²) >= 11 is 0. The minimum atomic E-state index is -1.09. The molecule has 23 heavy (non-hydrogen) atoms. The molecule has 2 aromatic carbocycles. The highest BCUT2D eigenvalue weighted by atomic mass is 16.5. The van der Waals surface area contributed by atoms with Gasteiger partial charge in [-0.15, -0.1) is 0 Å². The molecule has 0 spiro atoms. The maximum absolute atomic E-state index is 10.7. The lowest BCUT2D eigenvalue weighted by Gasteiger charge is -2.19. The van der Waals surface area contributed by atoms with Gasteiger partial charge in [0.15, 0.2) is 11.5 Å². The summed E-state index contributed by atoms with van der Waals surface area (Å²) in [5.74, 6) is -0.909. The Morgan fingerprint density at radius 1 is 1.13 bits per heavy atom. The van der Waals surface area contributed by atoms with Crippen LogP contribution in [0.5, 0.6) is 17.2 Å². The molecule has 0 bridgehead atoms. The third-order valence-corrected chi connectivity index (χ3v) is 3.53. The van der Waals surface area contributed by atoms with Crippen molar-refractivity contribution in [1.82, 2.24) is 0 Å². The maximum atomic E-state index is 10.7. The van der Waals surface area contributed by atoms with E-state index in [9.17, 15) is 15.0 Å². The summed E-state index contributed by atoms with van der Waals surface area (Å²) in [7, 11) is 0. The molecule has 5 heteroatoms. The SMILES string of the molecule is O=C(O)/C=C/c1cc(O)c(O)cc1C1=Cc2ccccc2OC1. The fourth-order valence-corrected chi connectivity index (χ4v) is 2.44. The second-order valence-electron chi connectivity index (χ2n) is 5.10. The van der Waals surface area contributed by atoms with Gasteiger partial charge in [0.2, 0.25) is 0 Å². The highest BCUT2D eigenvalue weighted by Crippen LogP contribution is 2.36. The molecule has 0 atom stereocenters. The molecule has 116 valence electrons. The Kier molecular flexibility index (Phi) is 3.76. The van der Waals surface area contributed by atoms with E-state index < -0.39 is 5.97 Å². The third-order valence-electron chi connectivity index (χ3n) is 3.53. The Morgan fingerprint density at radius 2 is 1.87 bits per heavy atom. The largest absolute Gasteiger partial charge is 0.504 e. The van der Waals surface area contributed by atoms with Crippen LogP contribution >= 0.6 is 0 Å². The van der Waals surface area contributed by atoms with Crippen molar-refractivity contribution in [1.29, 1.82) is 0 Å². The number of carboxylic acids is 1. The molecule has 5 nitrogen and oxygen atoms in total. The zero-order chi connectivity index (χ0) is 16.4. The fourth-order valence-electron chi connectivity index (χ4n) is 2.44. The first-order valence-electron chi connectivity index (χ1n) is 6.94. The van der Waals surface area contributed by atoms with Gasteiger partial charge in [0.25, 0.3) is 0 Å². The first-order chi connectivity index (χ1) is 11.0. The zero-order valence-corrected chi connectivity index (χ0v) is 12.1. The molecule has 0 fully saturated rings. The van der Waals surface area contributed by atoms with Gasteiger partial charge in [-0.05, 0) is 47.1 Å². The van der Waals surface area contributed by atoms with Crippen LogP contribution < -0.4 is 4.74 Å². The van der Waals surface area contributed by atoms with Crippen molar-refractivity contribution in [3.8, 4) is 17.2 Å². The van der Waals surface area contributed by atoms with E-state index in [2.05, 4.69) is 0 Å². The molecule has 0 amide bonds. The van der Waals surface area contributed by atoms with E-state index in [4.69, 9.17) is 9.84 Å². The molecule has 0 radical (unpaired) electrons. The lowest BCUT2D eigenvalue weighted by Crippen LogP contribution is -2.07. The standard InChI is InChI=1S/C18H14O5/c19-15-8-11(5-6-18(21)22)14(9-16(15)20)13-7-12-3-1-2-4-17(12)23-10-13/h1-9,19-20H,10H2,(H,21,22)/b6-5+. The number of aliphatic carboxylic acids is 1. The van der Waals surface area contributed by atoms with Crippen LogP contribution in [0.15, 0.2) is 42.5 Å². The number of carbonyl (C=O) groups is 1. The van der Waals surface area contributed by atoms with E-state index in [-0.39, 0.29) is 18.1 Å². The van der Waals surface area contributed by atoms with E-state index >= 15 is 0 Å². The van der Waals surface area contributed by atoms with Crippen LogP contribution in [0.25, 0.3) is 17.7 Å². The molecule has 3 N–H and O–H groups in total. The first-order valence-corrected chi connectivity index (χ1v) is 6.94. The van der Waals surface area contributed by atoms with Crippen LogP contribution in [0.2, 0.25) is 0 Å². The van der Waals surface area contributed by atoms with Crippen LogP contribution in [-0.2, 0) is 4.79 Å². The second kappa shape index (κ2) is 5.88. The van der Waals surface area contributed by atoms with Crippen molar-refractivity contribution < 1.29 is 24.9 Å². The summed E-state index contributed by atoms with van der Waals surface area (Å²) in [5.41, 5.74) is 2.77. The van der Waals surface area contributed by atoms with Crippen molar-refractivity contribution in [3.05, 3.63) is 59.2 Å². The first kappa shape index (κ1) is 14.7. The number of aromatic hydroxyl groups is 2. The summed E-state index contributed by atoms with van der Waals surface area (Å²) in [5, 5.41) is 28.2. The van der Waals surface area contributed by atoms with Gasteiger partial charge in [0.1, 0.15) is 12.4 Å². The fraction of sp³-hybridized carbons (Fsp3) is 0.0556. The number of ether oxygens (including phenoxy) is 1. The minimum absolute atomic E-state index is 0.271. The Balaban J connectivity index is 2.11. The van der Waals surface area contributed by atoms with E-state index in [1.165, 1.54) is 18.2 Å². The molecule has 1 heterocycles. The van der Waals surface area contributed by atoms with E-state index in [1.807, 2.05) is 30.3 Å². The second-order valence-corrected chi connectivity index (χ2v) is 5.10. The van der Waals surface area contributed by atoms with E-state index in [0.717, 1.165) is 23.0 Å². The Hall–Kier alpha value is -3.21. The van der Waals surface area contributed by atoms with Crippen LogP contribution in [0, 0.1) is 0 Å². The molecule has 1 aliphatic rings. The number of carboxylic acid groups (broad SMARTS) is 1. The van der Waals surface area contributed by atoms with Crippen LogP contribution in [0.1, 0.15) is 16.7 Å². The smallest absolute Gasteiger partial charge is 0.328 e. The molecule has 1 aliphatic heterocycles. The quantitative estimate of drug-likeness (QED) is 0.599. The number of phenolic OH excluding ortho intramolecular Hbond substituents is 2. The average Bonchev–Trinajstić information content (AvgIpc) is 2.55. The summed E-state index contributed by atoms with van der Waals surface area (Å²) in [6, 6.07) is 10.3.